The third-order valence-electron chi connectivity index (χ3n) is 2.86. The minimum atomic E-state index is 0.388. The lowest BCUT2D eigenvalue weighted by Crippen LogP contribution is -1.93. The summed E-state index contributed by atoms with van der Waals surface area (Å²) in [6.07, 6.45) is 3.32. The summed E-state index contributed by atoms with van der Waals surface area (Å²) < 4.78 is 2.03. The van der Waals surface area contributed by atoms with Crippen LogP contribution in [0.5, 0.6) is 0 Å². The van der Waals surface area contributed by atoms with Crippen LogP contribution < -0.4 is 0 Å². The molecule has 3 nitrogen and oxygen atoms in total. The van der Waals surface area contributed by atoms with Crippen molar-refractivity contribution in [1.29, 1.82) is 0 Å². The molecule has 84 valence electrons. The molecule has 0 aliphatic rings. The molecular weight excluding hydrogens is 200 g/mol. The fourth-order valence-electron chi connectivity index (χ4n) is 1.92. The first-order chi connectivity index (χ1) is 7.63. The summed E-state index contributed by atoms with van der Waals surface area (Å²) in [6.45, 7) is 6.28. The largest absolute Gasteiger partial charge is 0.304 e. The number of hydrogen-bond donors (Lipinski definition) is 0. The quantitative estimate of drug-likeness (QED) is 0.739. The number of pyridine rings is 1. The third-order valence-corrected chi connectivity index (χ3v) is 2.86. The molecule has 0 saturated carbocycles. The minimum Gasteiger partial charge on any atom is -0.304 e. The average Bonchev–Trinajstić information content (AvgIpc) is 2.56. The van der Waals surface area contributed by atoms with Gasteiger partial charge in [0, 0.05) is 12.6 Å². The number of hydrogen-bond acceptors (Lipinski definition) is 2. The number of aromatic nitrogens is 2. The standard InChI is InChI=1S/C13H16N2O/c1-9(2)11-4-6-15-10(3)14-12(5-7-16)13(15)8-11/h4,6-9H,5H2,1-3H3. The topological polar surface area (TPSA) is 34.4 Å². The van der Waals surface area contributed by atoms with Gasteiger partial charge in [0.05, 0.1) is 11.2 Å². The lowest BCUT2D eigenvalue weighted by molar-refractivity contribution is -0.107. The van der Waals surface area contributed by atoms with Gasteiger partial charge in [-0.25, -0.2) is 4.98 Å². The van der Waals surface area contributed by atoms with Crippen LogP contribution in [-0.2, 0) is 11.2 Å². The highest BCUT2D eigenvalue weighted by molar-refractivity contribution is 5.64. The lowest BCUT2D eigenvalue weighted by Gasteiger charge is -2.06. The number of carbonyl (C=O) groups excluding carboxylic acids is 1. The summed E-state index contributed by atoms with van der Waals surface area (Å²) in [6, 6.07) is 4.24. The molecule has 0 spiro atoms. The first-order valence-corrected chi connectivity index (χ1v) is 5.54. The fourth-order valence-corrected chi connectivity index (χ4v) is 1.92. The zero-order chi connectivity index (χ0) is 11.7. The van der Waals surface area contributed by atoms with Crippen LogP contribution in [-0.4, -0.2) is 15.7 Å². The van der Waals surface area contributed by atoms with Gasteiger partial charge in [-0.05, 0) is 30.5 Å². The van der Waals surface area contributed by atoms with Crippen LogP contribution in [0.1, 0.15) is 36.8 Å². The van der Waals surface area contributed by atoms with E-state index >= 15 is 0 Å². The monoisotopic (exact) mass is 216 g/mol. The average molecular weight is 216 g/mol. The van der Waals surface area contributed by atoms with E-state index in [0.29, 0.717) is 12.3 Å². The van der Waals surface area contributed by atoms with Gasteiger partial charge in [-0.2, -0.15) is 0 Å². The first kappa shape index (κ1) is 10.9. The minimum absolute atomic E-state index is 0.388. The van der Waals surface area contributed by atoms with Crippen molar-refractivity contribution in [2.24, 2.45) is 0 Å². The van der Waals surface area contributed by atoms with Gasteiger partial charge >= 0.3 is 0 Å². The zero-order valence-corrected chi connectivity index (χ0v) is 9.90. The highest BCUT2D eigenvalue weighted by Crippen LogP contribution is 2.20. The van der Waals surface area contributed by atoms with Gasteiger partial charge in [0.2, 0.25) is 0 Å². The molecular formula is C13H16N2O. The van der Waals surface area contributed by atoms with Gasteiger partial charge in [0.15, 0.2) is 0 Å². The molecule has 0 aliphatic heterocycles. The summed E-state index contributed by atoms with van der Waals surface area (Å²) in [5, 5.41) is 0. The molecule has 2 rings (SSSR count). The van der Waals surface area contributed by atoms with Crippen LogP contribution in [0, 0.1) is 6.92 Å². The van der Waals surface area contributed by atoms with Crippen molar-refractivity contribution in [2.45, 2.75) is 33.1 Å². The van der Waals surface area contributed by atoms with Crippen molar-refractivity contribution in [3.63, 3.8) is 0 Å². The molecule has 2 aromatic rings. The predicted octanol–water partition coefficient (Wildman–Crippen LogP) is 2.51. The van der Waals surface area contributed by atoms with Gasteiger partial charge < -0.3 is 9.20 Å². The molecule has 0 amide bonds. The summed E-state index contributed by atoms with van der Waals surface area (Å²) in [5.41, 5.74) is 3.20. The first-order valence-electron chi connectivity index (χ1n) is 5.54. The number of nitrogens with zero attached hydrogens (tertiary/aromatic N) is 2. The van der Waals surface area contributed by atoms with Crippen LogP contribution in [0.25, 0.3) is 5.52 Å². The highest BCUT2D eigenvalue weighted by atomic mass is 16.1. The molecule has 16 heavy (non-hydrogen) atoms. The summed E-state index contributed by atoms with van der Waals surface area (Å²) >= 11 is 0. The number of imidazole rings is 1. The van der Waals surface area contributed by atoms with Gasteiger partial charge in [0.1, 0.15) is 12.1 Å². The Morgan fingerprint density at radius 1 is 1.50 bits per heavy atom. The van der Waals surface area contributed by atoms with E-state index in [-0.39, 0.29) is 0 Å². The number of aryl methyl sites for hydroxylation is 1. The molecule has 0 N–H and O–H groups in total. The van der Waals surface area contributed by atoms with E-state index in [9.17, 15) is 4.79 Å². The van der Waals surface area contributed by atoms with Crippen molar-refractivity contribution in [3.8, 4) is 0 Å². The Morgan fingerprint density at radius 3 is 2.88 bits per heavy atom. The number of carbonyl (C=O) groups is 1. The van der Waals surface area contributed by atoms with Crippen molar-refractivity contribution in [2.75, 3.05) is 0 Å². The van der Waals surface area contributed by atoms with Crippen molar-refractivity contribution in [3.05, 3.63) is 35.4 Å². The third kappa shape index (κ3) is 1.73. The van der Waals surface area contributed by atoms with Gasteiger partial charge in [-0.1, -0.05) is 13.8 Å². The van der Waals surface area contributed by atoms with E-state index in [1.54, 1.807) is 0 Å². The Morgan fingerprint density at radius 2 is 2.25 bits per heavy atom. The summed E-state index contributed by atoms with van der Waals surface area (Å²) in [4.78, 5) is 15.0. The highest BCUT2D eigenvalue weighted by Gasteiger charge is 2.09. The normalized spacial score (nSPS) is 11.2. The molecule has 0 bridgehead atoms. The molecule has 0 aliphatic carbocycles. The second kappa shape index (κ2) is 4.08. The lowest BCUT2D eigenvalue weighted by atomic mass is 10.0. The maximum atomic E-state index is 10.6. The summed E-state index contributed by atoms with van der Waals surface area (Å²) in [7, 11) is 0. The van der Waals surface area contributed by atoms with Gasteiger partial charge in [-0.3, -0.25) is 0 Å². The van der Waals surface area contributed by atoms with Crippen LogP contribution in [0.4, 0.5) is 0 Å². The number of aldehydes is 1. The predicted molar refractivity (Wildman–Crippen MR) is 63.8 cm³/mol. The Balaban J connectivity index is 2.64. The molecule has 0 fully saturated rings. The maximum absolute atomic E-state index is 10.6. The van der Waals surface area contributed by atoms with E-state index in [2.05, 4.69) is 31.0 Å². The van der Waals surface area contributed by atoms with E-state index in [4.69, 9.17) is 0 Å². The van der Waals surface area contributed by atoms with Crippen LogP contribution in [0.2, 0.25) is 0 Å². The molecule has 0 aromatic carbocycles. The molecule has 3 heteroatoms. The van der Waals surface area contributed by atoms with E-state index in [0.717, 1.165) is 23.3 Å². The summed E-state index contributed by atoms with van der Waals surface area (Å²) in [5.74, 6) is 1.42. The number of rotatable bonds is 3. The van der Waals surface area contributed by atoms with Crippen LogP contribution in [0.3, 0.4) is 0 Å². The van der Waals surface area contributed by atoms with Gasteiger partial charge in [-0.15, -0.1) is 0 Å². The second-order valence-electron chi connectivity index (χ2n) is 4.35. The maximum Gasteiger partial charge on any atom is 0.126 e. The number of fused-ring (bicyclic) bond motifs is 1. The molecule has 2 heterocycles. The zero-order valence-electron chi connectivity index (χ0n) is 9.90. The molecule has 0 unspecified atom stereocenters. The van der Waals surface area contributed by atoms with Crippen molar-refractivity contribution in [1.82, 2.24) is 9.38 Å². The Labute approximate surface area is 95.1 Å². The Bertz CT molecular complexity index is 526. The van der Waals surface area contributed by atoms with Crippen LogP contribution in [0.15, 0.2) is 18.3 Å². The van der Waals surface area contributed by atoms with E-state index < -0.39 is 0 Å². The SMILES string of the molecule is Cc1nc(CC=O)c2cc(C(C)C)ccn12. The molecule has 2 aromatic heterocycles. The Kier molecular flexibility index (Phi) is 2.77. The molecule has 0 radical (unpaired) electrons. The van der Waals surface area contributed by atoms with E-state index in [1.807, 2.05) is 17.5 Å². The Hall–Kier alpha value is -1.64. The van der Waals surface area contributed by atoms with Gasteiger partial charge in [0.25, 0.3) is 0 Å². The molecule has 0 atom stereocenters. The van der Waals surface area contributed by atoms with Crippen molar-refractivity contribution < 1.29 is 4.79 Å². The van der Waals surface area contributed by atoms with Crippen LogP contribution >= 0.6 is 0 Å². The second-order valence-corrected chi connectivity index (χ2v) is 4.35. The fraction of sp³-hybridized carbons (Fsp3) is 0.385. The molecule has 0 saturated heterocycles. The van der Waals surface area contributed by atoms with Crippen molar-refractivity contribution >= 4 is 11.8 Å². The van der Waals surface area contributed by atoms with E-state index in [1.165, 1.54) is 5.56 Å². The smallest absolute Gasteiger partial charge is 0.126 e.